The Kier molecular flexibility index (Phi) is 11.1. The molecule has 0 aliphatic heterocycles. The van der Waals surface area contributed by atoms with Crippen molar-refractivity contribution in [1.29, 1.82) is 0 Å². The molecule has 0 heterocycles. The van der Waals surface area contributed by atoms with Crippen LogP contribution >= 0.6 is 0 Å². The Labute approximate surface area is 228 Å². The molecular formula is C34H56O3. The summed E-state index contributed by atoms with van der Waals surface area (Å²) in [6.07, 6.45) is 14.2. The van der Waals surface area contributed by atoms with E-state index in [0.717, 1.165) is 42.6 Å². The van der Waals surface area contributed by atoms with E-state index >= 15 is 0 Å². The molecule has 0 radical (unpaired) electrons. The minimum Gasteiger partial charge on any atom is -0.461 e. The number of carbonyl (C=O) groups is 1. The van der Waals surface area contributed by atoms with Crippen molar-refractivity contribution in [2.75, 3.05) is 0 Å². The van der Waals surface area contributed by atoms with Crippen LogP contribution in [0.3, 0.4) is 0 Å². The van der Waals surface area contributed by atoms with Crippen LogP contribution in [0.2, 0.25) is 0 Å². The summed E-state index contributed by atoms with van der Waals surface area (Å²) in [5.74, 6) is 3.49. The molecule has 1 N–H and O–H groups in total. The van der Waals surface area contributed by atoms with Crippen LogP contribution < -0.4 is 0 Å². The highest BCUT2D eigenvalue weighted by atomic mass is 16.5. The molecular weight excluding hydrogens is 456 g/mol. The first kappa shape index (κ1) is 30.2. The largest absolute Gasteiger partial charge is 0.461 e. The number of ether oxygens (including phenoxy) is 1. The molecule has 2 unspecified atom stereocenters. The molecule has 0 bridgehead atoms. The average molecular weight is 513 g/mol. The van der Waals surface area contributed by atoms with Gasteiger partial charge in [0.05, 0.1) is 6.10 Å². The molecule has 0 aromatic heterocycles. The number of benzene rings is 1. The fourth-order valence-electron chi connectivity index (χ4n) is 9.24. The molecule has 3 heteroatoms. The fraction of sp³-hybridized carbons (Fsp3) is 0.794. The monoisotopic (exact) mass is 512 g/mol. The number of aliphatic hydroxyl groups is 1. The Morgan fingerprint density at radius 1 is 0.892 bits per heavy atom. The first-order valence-electron chi connectivity index (χ1n) is 15.8. The van der Waals surface area contributed by atoms with Gasteiger partial charge in [-0.15, -0.1) is 0 Å². The quantitative estimate of drug-likeness (QED) is 0.387. The third-order valence-electron chi connectivity index (χ3n) is 11.0. The Morgan fingerprint density at radius 2 is 1.59 bits per heavy atom. The summed E-state index contributed by atoms with van der Waals surface area (Å²) in [5.41, 5.74) is 1.81. The maximum atomic E-state index is 12.3. The van der Waals surface area contributed by atoms with Gasteiger partial charge in [0.25, 0.3) is 0 Å². The highest BCUT2D eigenvalue weighted by Gasteiger charge is 2.61. The van der Waals surface area contributed by atoms with E-state index in [2.05, 4.69) is 13.8 Å². The zero-order valence-electron chi connectivity index (χ0n) is 24.8. The van der Waals surface area contributed by atoms with E-state index in [4.69, 9.17) is 4.74 Å². The smallest absolute Gasteiger partial charge is 0.306 e. The molecule has 0 spiro atoms. The standard InChI is InChI=1S/C30H44O3.2C2H6/c1-29-18-16-25-23(19-27(31)26-12-6-7-17-30(25,26)2)24(29)15-14-22(29)11-8-13-28(32)33-20-21-9-4-3-5-10-21;2*1-2/h3-5,9-10,22-27,31H,6-8,11-20H2,1-2H3;2*1-2H3/t22?,23-,24?,25-,26-,27-,29+,30+;;/m0../s1. The molecule has 4 saturated carbocycles. The number of hydrogen-bond acceptors (Lipinski definition) is 3. The van der Waals surface area contributed by atoms with Crippen molar-refractivity contribution in [3.8, 4) is 0 Å². The molecule has 1 aromatic rings. The molecule has 0 amide bonds. The Morgan fingerprint density at radius 3 is 2.32 bits per heavy atom. The fourth-order valence-corrected chi connectivity index (χ4v) is 9.24. The third-order valence-corrected chi connectivity index (χ3v) is 11.0. The molecule has 210 valence electrons. The number of aliphatic hydroxyl groups excluding tert-OH is 1. The van der Waals surface area contributed by atoms with E-state index in [0.29, 0.717) is 35.7 Å². The maximum Gasteiger partial charge on any atom is 0.306 e. The summed E-state index contributed by atoms with van der Waals surface area (Å²) < 4.78 is 5.50. The van der Waals surface area contributed by atoms with Crippen molar-refractivity contribution < 1.29 is 14.6 Å². The van der Waals surface area contributed by atoms with E-state index in [1.54, 1.807) is 0 Å². The SMILES string of the molecule is CC.CC.C[C@]12CC[C@H]3[C@@H](C[C@H](O)[C@@H]4CCCC[C@@]43C)C1CCC2CCCC(=O)OCc1ccccc1. The number of hydrogen-bond donors (Lipinski definition) is 1. The minimum absolute atomic E-state index is 0.0612. The third kappa shape index (κ3) is 6.29. The lowest BCUT2D eigenvalue weighted by atomic mass is 9.44. The molecule has 1 aromatic carbocycles. The second-order valence-electron chi connectivity index (χ2n) is 12.4. The molecule has 3 nitrogen and oxygen atoms in total. The van der Waals surface area contributed by atoms with Gasteiger partial charge in [-0.1, -0.05) is 84.7 Å². The van der Waals surface area contributed by atoms with Gasteiger partial charge in [0, 0.05) is 6.42 Å². The summed E-state index contributed by atoms with van der Waals surface area (Å²) in [4.78, 5) is 12.3. The van der Waals surface area contributed by atoms with Crippen molar-refractivity contribution >= 4 is 5.97 Å². The van der Waals surface area contributed by atoms with Crippen molar-refractivity contribution in [3.05, 3.63) is 35.9 Å². The topological polar surface area (TPSA) is 46.5 Å². The Hall–Kier alpha value is -1.35. The normalized spacial score (nSPS) is 37.9. The minimum atomic E-state index is -0.0858. The number of carbonyl (C=O) groups excluding carboxylic acids is 1. The lowest BCUT2D eigenvalue weighted by molar-refractivity contribution is -0.157. The first-order valence-corrected chi connectivity index (χ1v) is 15.8. The maximum absolute atomic E-state index is 12.3. The van der Waals surface area contributed by atoms with Gasteiger partial charge in [0.2, 0.25) is 0 Å². The average Bonchev–Trinajstić information content (AvgIpc) is 3.27. The van der Waals surface area contributed by atoms with Gasteiger partial charge in [-0.2, -0.15) is 0 Å². The van der Waals surface area contributed by atoms with Gasteiger partial charge in [-0.05, 0) is 104 Å². The lowest BCUT2D eigenvalue weighted by Crippen LogP contribution is -2.56. The molecule has 0 saturated heterocycles. The van der Waals surface area contributed by atoms with Crippen LogP contribution in [0.4, 0.5) is 0 Å². The van der Waals surface area contributed by atoms with Gasteiger partial charge in [0.1, 0.15) is 6.61 Å². The summed E-state index contributed by atoms with van der Waals surface area (Å²) in [6.45, 7) is 13.5. The molecule has 4 aliphatic rings. The number of fused-ring (bicyclic) bond motifs is 5. The summed E-state index contributed by atoms with van der Waals surface area (Å²) in [5, 5.41) is 11.2. The van der Waals surface area contributed by atoms with Gasteiger partial charge >= 0.3 is 5.97 Å². The highest BCUT2D eigenvalue weighted by Crippen LogP contribution is 2.67. The van der Waals surface area contributed by atoms with E-state index in [9.17, 15) is 9.90 Å². The number of rotatable bonds is 6. The van der Waals surface area contributed by atoms with Gasteiger partial charge in [-0.3, -0.25) is 4.79 Å². The van der Waals surface area contributed by atoms with Crippen molar-refractivity contribution in [3.63, 3.8) is 0 Å². The van der Waals surface area contributed by atoms with E-state index in [1.165, 1.54) is 51.4 Å². The van der Waals surface area contributed by atoms with Gasteiger partial charge in [-0.25, -0.2) is 0 Å². The van der Waals surface area contributed by atoms with E-state index < -0.39 is 0 Å². The van der Waals surface area contributed by atoms with Crippen LogP contribution in [-0.4, -0.2) is 17.2 Å². The van der Waals surface area contributed by atoms with E-state index in [-0.39, 0.29) is 12.1 Å². The zero-order valence-corrected chi connectivity index (χ0v) is 24.8. The van der Waals surface area contributed by atoms with Crippen LogP contribution in [0.5, 0.6) is 0 Å². The molecule has 4 aliphatic carbocycles. The summed E-state index contributed by atoms with van der Waals surface area (Å²) in [6, 6.07) is 9.95. The van der Waals surface area contributed by atoms with Gasteiger partial charge in [0.15, 0.2) is 0 Å². The second kappa shape index (κ2) is 13.6. The van der Waals surface area contributed by atoms with Crippen LogP contribution in [0.15, 0.2) is 30.3 Å². The predicted octanol–water partition coefficient (Wildman–Crippen LogP) is 8.97. The zero-order chi connectivity index (χ0) is 27.1. The van der Waals surface area contributed by atoms with Crippen molar-refractivity contribution in [2.24, 2.45) is 40.4 Å². The second-order valence-corrected chi connectivity index (χ2v) is 12.4. The molecule has 37 heavy (non-hydrogen) atoms. The molecule has 8 atom stereocenters. The van der Waals surface area contributed by atoms with Crippen molar-refractivity contribution in [1.82, 2.24) is 0 Å². The summed E-state index contributed by atoms with van der Waals surface area (Å²) >= 11 is 0. The number of esters is 1. The molecule has 5 rings (SSSR count). The predicted molar refractivity (Wildman–Crippen MR) is 154 cm³/mol. The van der Waals surface area contributed by atoms with E-state index in [1.807, 2.05) is 58.0 Å². The lowest BCUT2D eigenvalue weighted by Gasteiger charge is -2.61. The highest BCUT2D eigenvalue weighted by molar-refractivity contribution is 5.69. The Balaban J connectivity index is 0.000000907. The molecule has 4 fully saturated rings. The van der Waals surface area contributed by atoms with Crippen LogP contribution in [0.1, 0.15) is 124 Å². The van der Waals surface area contributed by atoms with Crippen LogP contribution in [0.25, 0.3) is 0 Å². The summed E-state index contributed by atoms with van der Waals surface area (Å²) in [7, 11) is 0. The van der Waals surface area contributed by atoms with Crippen LogP contribution in [-0.2, 0) is 16.1 Å². The first-order chi connectivity index (χ1) is 17.9. The van der Waals surface area contributed by atoms with Gasteiger partial charge < -0.3 is 9.84 Å². The van der Waals surface area contributed by atoms with Crippen molar-refractivity contribution in [2.45, 2.75) is 131 Å². The van der Waals surface area contributed by atoms with Crippen LogP contribution in [0, 0.1) is 40.4 Å². The Bertz CT molecular complexity index is 822.